The van der Waals surface area contributed by atoms with Gasteiger partial charge in [0.15, 0.2) is 0 Å². The lowest BCUT2D eigenvalue weighted by Crippen LogP contribution is -2.51. The number of aryl methyl sites for hydroxylation is 2. The molecule has 0 saturated carbocycles. The molecule has 0 radical (unpaired) electrons. The van der Waals surface area contributed by atoms with Crippen LogP contribution in [-0.4, -0.2) is 59.0 Å². The summed E-state index contributed by atoms with van der Waals surface area (Å²) in [6.07, 6.45) is 0. The van der Waals surface area contributed by atoms with Crippen molar-refractivity contribution in [1.29, 1.82) is 0 Å². The number of nitrogens with one attached hydrogen (secondary N) is 1. The normalized spacial score (nSPS) is 16.3. The molecule has 1 aliphatic rings. The lowest BCUT2D eigenvalue weighted by Gasteiger charge is -2.34. The number of rotatable bonds is 5. The van der Waals surface area contributed by atoms with Gasteiger partial charge in [-0.3, -0.25) is 14.6 Å². The van der Waals surface area contributed by atoms with E-state index < -0.39 is 0 Å². The van der Waals surface area contributed by atoms with Gasteiger partial charge in [-0.05, 0) is 34.6 Å². The number of carbonyl (C=O) groups excluding carboxylic acids is 1. The van der Waals surface area contributed by atoms with Crippen LogP contribution in [-0.2, 0) is 11.3 Å². The zero-order valence-corrected chi connectivity index (χ0v) is 18.5. The van der Waals surface area contributed by atoms with Crippen LogP contribution < -0.4 is 5.32 Å². The predicted molar refractivity (Wildman–Crippen MR) is 117 cm³/mol. The van der Waals surface area contributed by atoms with Crippen LogP contribution >= 0.6 is 11.3 Å². The van der Waals surface area contributed by atoms with Crippen molar-refractivity contribution >= 4 is 17.2 Å². The summed E-state index contributed by atoms with van der Waals surface area (Å²) in [5.41, 5.74) is 3.40. The van der Waals surface area contributed by atoms with Crippen LogP contribution in [0.2, 0.25) is 0 Å². The second-order valence-corrected chi connectivity index (χ2v) is 10.0. The van der Waals surface area contributed by atoms with Gasteiger partial charge >= 0.3 is 0 Å². The predicted octanol–water partition coefficient (Wildman–Crippen LogP) is 3.46. The fourth-order valence-corrected chi connectivity index (χ4v) is 4.45. The van der Waals surface area contributed by atoms with Crippen molar-refractivity contribution in [3.63, 3.8) is 0 Å². The van der Waals surface area contributed by atoms with Gasteiger partial charge in [0, 0.05) is 42.2 Å². The molecule has 5 nitrogen and oxygen atoms in total. The van der Waals surface area contributed by atoms with E-state index >= 15 is 0 Å². The molecule has 0 spiro atoms. The van der Waals surface area contributed by atoms with Gasteiger partial charge in [0.2, 0.25) is 5.91 Å². The molecule has 1 aliphatic heterocycles. The molecule has 3 rings (SSSR count). The van der Waals surface area contributed by atoms with Gasteiger partial charge in [-0.2, -0.15) is 0 Å². The molecule has 28 heavy (non-hydrogen) atoms. The first-order valence-corrected chi connectivity index (χ1v) is 10.8. The van der Waals surface area contributed by atoms with Gasteiger partial charge in [0.05, 0.1) is 18.8 Å². The van der Waals surface area contributed by atoms with Crippen LogP contribution in [0.1, 0.15) is 36.2 Å². The second-order valence-electron chi connectivity index (χ2n) is 8.73. The standard InChI is InChI=1S/C22H32N4OS/c1-16-6-8-18(9-7-16)21-17(2)28-20(23-21)15-26-12-10-25(11-13-26)14-19(27)24-22(3,4)5/h6-9H,10-15H2,1-5H3,(H,24,27). The Morgan fingerprint density at radius 1 is 1.07 bits per heavy atom. The lowest BCUT2D eigenvalue weighted by molar-refractivity contribution is -0.124. The number of hydrogen-bond donors (Lipinski definition) is 1. The van der Waals surface area contributed by atoms with Gasteiger partial charge in [0.25, 0.3) is 0 Å². The fourth-order valence-electron chi connectivity index (χ4n) is 3.46. The first kappa shape index (κ1) is 21.0. The SMILES string of the molecule is Cc1ccc(-c2nc(CN3CCN(CC(=O)NC(C)(C)C)CC3)sc2C)cc1. The number of amides is 1. The molecule has 1 aromatic heterocycles. The van der Waals surface area contributed by atoms with Crippen LogP contribution in [0.15, 0.2) is 24.3 Å². The number of hydrogen-bond acceptors (Lipinski definition) is 5. The summed E-state index contributed by atoms with van der Waals surface area (Å²) in [5.74, 6) is 0.110. The summed E-state index contributed by atoms with van der Waals surface area (Å²) >= 11 is 1.79. The van der Waals surface area contributed by atoms with Gasteiger partial charge in [-0.25, -0.2) is 4.98 Å². The molecule has 2 heterocycles. The highest BCUT2D eigenvalue weighted by atomic mass is 32.1. The number of thiazole rings is 1. The van der Waals surface area contributed by atoms with Crippen LogP contribution in [0, 0.1) is 13.8 Å². The highest BCUT2D eigenvalue weighted by Gasteiger charge is 2.22. The number of aromatic nitrogens is 1. The molecule has 1 amide bonds. The van der Waals surface area contributed by atoms with Gasteiger partial charge < -0.3 is 5.32 Å². The van der Waals surface area contributed by atoms with Crippen LogP contribution in [0.5, 0.6) is 0 Å². The summed E-state index contributed by atoms with van der Waals surface area (Å²) in [4.78, 5) is 23.0. The maximum absolute atomic E-state index is 12.1. The number of benzene rings is 1. The fraction of sp³-hybridized carbons (Fsp3) is 0.545. The molecule has 152 valence electrons. The number of carbonyl (C=O) groups is 1. The van der Waals surface area contributed by atoms with Crippen molar-refractivity contribution in [1.82, 2.24) is 20.1 Å². The van der Waals surface area contributed by atoms with E-state index in [1.807, 2.05) is 20.8 Å². The molecular weight excluding hydrogens is 368 g/mol. The van der Waals surface area contributed by atoms with Crippen LogP contribution in [0.3, 0.4) is 0 Å². The van der Waals surface area contributed by atoms with E-state index in [1.54, 1.807) is 11.3 Å². The molecule has 1 N–H and O–H groups in total. The van der Waals surface area contributed by atoms with E-state index in [0.717, 1.165) is 38.4 Å². The van der Waals surface area contributed by atoms with Crippen molar-refractivity contribution < 1.29 is 4.79 Å². The lowest BCUT2D eigenvalue weighted by atomic mass is 10.1. The van der Waals surface area contributed by atoms with Gasteiger partial charge in [-0.15, -0.1) is 11.3 Å². The smallest absolute Gasteiger partial charge is 0.234 e. The third kappa shape index (κ3) is 5.87. The Balaban J connectivity index is 1.52. The Morgan fingerprint density at radius 2 is 1.68 bits per heavy atom. The molecule has 0 aliphatic carbocycles. The Kier molecular flexibility index (Phi) is 6.53. The number of nitrogens with zero attached hydrogens (tertiary/aromatic N) is 3. The minimum atomic E-state index is -0.170. The maximum Gasteiger partial charge on any atom is 0.234 e. The van der Waals surface area contributed by atoms with Crippen molar-refractivity contribution in [3.05, 3.63) is 39.7 Å². The van der Waals surface area contributed by atoms with E-state index in [4.69, 9.17) is 4.98 Å². The molecule has 2 aromatic rings. The Morgan fingerprint density at radius 3 is 2.29 bits per heavy atom. The summed E-state index contributed by atoms with van der Waals surface area (Å²) < 4.78 is 0. The summed E-state index contributed by atoms with van der Waals surface area (Å²) in [6.45, 7) is 15.5. The average molecular weight is 401 g/mol. The highest BCUT2D eigenvalue weighted by Crippen LogP contribution is 2.28. The number of piperazine rings is 1. The Bertz CT molecular complexity index is 799. The molecule has 1 fully saturated rings. The molecule has 0 atom stereocenters. The molecule has 1 saturated heterocycles. The molecule has 1 aromatic carbocycles. The largest absolute Gasteiger partial charge is 0.350 e. The summed E-state index contributed by atoms with van der Waals surface area (Å²) in [6, 6.07) is 8.59. The average Bonchev–Trinajstić information content (AvgIpc) is 2.96. The second kappa shape index (κ2) is 8.72. The molecule has 0 bridgehead atoms. The van der Waals surface area contributed by atoms with E-state index in [0.29, 0.717) is 6.54 Å². The topological polar surface area (TPSA) is 48.5 Å². The van der Waals surface area contributed by atoms with E-state index in [1.165, 1.54) is 21.0 Å². The zero-order valence-electron chi connectivity index (χ0n) is 17.7. The highest BCUT2D eigenvalue weighted by molar-refractivity contribution is 7.12. The van der Waals surface area contributed by atoms with Crippen LogP contribution in [0.25, 0.3) is 11.3 Å². The summed E-state index contributed by atoms with van der Waals surface area (Å²) in [7, 11) is 0. The third-order valence-electron chi connectivity index (χ3n) is 4.87. The monoisotopic (exact) mass is 400 g/mol. The van der Waals surface area contributed by atoms with E-state index in [9.17, 15) is 4.79 Å². The third-order valence-corrected chi connectivity index (χ3v) is 5.83. The van der Waals surface area contributed by atoms with Crippen molar-refractivity contribution in [2.24, 2.45) is 0 Å². The van der Waals surface area contributed by atoms with E-state index in [-0.39, 0.29) is 11.4 Å². The minimum absolute atomic E-state index is 0.110. The van der Waals surface area contributed by atoms with Crippen molar-refractivity contribution in [3.8, 4) is 11.3 Å². The van der Waals surface area contributed by atoms with Gasteiger partial charge in [-0.1, -0.05) is 29.8 Å². The summed E-state index contributed by atoms with van der Waals surface area (Å²) in [5, 5.41) is 4.22. The molecular formula is C22H32N4OS. The minimum Gasteiger partial charge on any atom is -0.350 e. The van der Waals surface area contributed by atoms with Gasteiger partial charge in [0.1, 0.15) is 5.01 Å². The van der Waals surface area contributed by atoms with Crippen LogP contribution in [0.4, 0.5) is 0 Å². The molecule has 6 heteroatoms. The maximum atomic E-state index is 12.1. The zero-order chi connectivity index (χ0) is 20.3. The van der Waals surface area contributed by atoms with Crippen molar-refractivity contribution in [2.45, 2.75) is 46.7 Å². The first-order valence-electron chi connectivity index (χ1n) is 9.99. The quantitative estimate of drug-likeness (QED) is 0.835. The first-order chi connectivity index (χ1) is 13.2. The Labute approximate surface area is 172 Å². The molecule has 0 unspecified atom stereocenters. The Hall–Kier alpha value is -1.76. The van der Waals surface area contributed by atoms with E-state index in [2.05, 4.69) is 53.2 Å². The van der Waals surface area contributed by atoms with Crippen molar-refractivity contribution in [2.75, 3.05) is 32.7 Å².